The van der Waals surface area contributed by atoms with Crippen LogP contribution in [-0.4, -0.2) is 65.7 Å². The van der Waals surface area contributed by atoms with E-state index in [1.54, 1.807) is 38.1 Å². The van der Waals surface area contributed by atoms with Crippen LogP contribution < -0.4 is 4.46 Å². The summed E-state index contributed by atoms with van der Waals surface area (Å²) in [5.74, 6) is -2.43. The molecule has 6 nitrogen and oxygen atoms in total. The third-order valence-corrected chi connectivity index (χ3v) is 13.9. The van der Waals surface area contributed by atoms with Gasteiger partial charge in [-0.1, -0.05) is 0 Å². The average Bonchev–Trinajstić information content (AvgIpc) is 3.38. The van der Waals surface area contributed by atoms with Gasteiger partial charge in [-0.15, -0.1) is 0 Å². The van der Waals surface area contributed by atoms with Crippen molar-refractivity contribution in [3.63, 3.8) is 0 Å². The van der Waals surface area contributed by atoms with Crippen LogP contribution >= 0.6 is 0 Å². The van der Waals surface area contributed by atoms with Crippen molar-refractivity contribution < 1.29 is 32.9 Å². The molecule has 282 valence electrons. The number of allylic oxidation sites excluding steroid dienone is 1. The van der Waals surface area contributed by atoms with Crippen LogP contribution in [0.15, 0.2) is 84.7 Å². The molecule has 1 aliphatic heterocycles. The monoisotopic (exact) mass is 796 g/mol. The molecule has 3 aromatic carbocycles. The number of esters is 2. The Morgan fingerprint density at radius 3 is 2.19 bits per heavy atom. The van der Waals surface area contributed by atoms with Gasteiger partial charge in [-0.3, -0.25) is 0 Å². The van der Waals surface area contributed by atoms with E-state index in [9.17, 15) is 9.59 Å². The minimum atomic E-state index is -1.40. The molecule has 0 bridgehead atoms. The van der Waals surface area contributed by atoms with Gasteiger partial charge in [-0.2, -0.15) is 0 Å². The van der Waals surface area contributed by atoms with Gasteiger partial charge in [-0.05, 0) is 0 Å². The van der Waals surface area contributed by atoms with Crippen molar-refractivity contribution in [2.45, 2.75) is 116 Å². The zero-order chi connectivity index (χ0) is 38.2. The molecule has 52 heavy (non-hydrogen) atoms. The van der Waals surface area contributed by atoms with Gasteiger partial charge in [0, 0.05) is 0 Å². The van der Waals surface area contributed by atoms with E-state index in [2.05, 4.69) is 44.8 Å². The number of carbonyl (C=O) groups excluding carboxylic acids is 2. The number of carbonyl (C=O) groups is 2. The van der Waals surface area contributed by atoms with Crippen LogP contribution in [0.1, 0.15) is 89.7 Å². The summed E-state index contributed by atoms with van der Waals surface area (Å²) in [6.07, 6.45) is -0.150. The second-order valence-corrected chi connectivity index (χ2v) is 24.3. The fourth-order valence-corrected chi connectivity index (χ4v) is 9.48. The zero-order valence-corrected chi connectivity index (χ0v) is 35.2. The first kappa shape index (κ1) is 41.7. The Bertz CT molecular complexity index is 1670. The van der Waals surface area contributed by atoms with Crippen molar-refractivity contribution in [2.24, 2.45) is 11.8 Å². The molecule has 1 heterocycles. The van der Waals surface area contributed by atoms with E-state index in [1.807, 2.05) is 58.0 Å². The normalized spacial score (nSPS) is 19.3. The summed E-state index contributed by atoms with van der Waals surface area (Å²) in [5, 5.41) is 0. The SMILES string of the molecule is Cc1cc(C)c(C(=O)OCC[Si](C)(C)C)c(C(CC[C@@H]2OC(C)(C)O[C@@H]2C(OC(=O)c2ccccc2)/C(F)=C\[C@H](C)C(C)C)[Se]c2ccccc2)c1. The summed E-state index contributed by atoms with van der Waals surface area (Å²) < 4.78 is 42.4. The quantitative estimate of drug-likeness (QED) is 0.106. The van der Waals surface area contributed by atoms with E-state index in [-0.39, 0.29) is 37.6 Å². The predicted molar refractivity (Wildman–Crippen MR) is 211 cm³/mol. The zero-order valence-electron chi connectivity index (χ0n) is 32.5. The summed E-state index contributed by atoms with van der Waals surface area (Å²) in [6, 6.07) is 24.0. The standard InChI is InChI=1S/C43H57FO6SeSi/c1-28(2)30(4)27-35(44)39(48-41(45)32-17-13-11-14-18-32)40-36(49-43(6,7)50-40)21-22-37(51-33-19-15-12-16-20-33)34-26-29(3)25-31(5)38(34)42(46)47-23-24-52(8,9)10/h11-20,25-28,30,36-37,39-40H,21-24H2,1-10H3/b35-27+/t30-,36-,37?,39?,40-/m0/s1. The Labute approximate surface area is 318 Å². The summed E-state index contributed by atoms with van der Waals surface area (Å²) in [5.41, 5.74) is 3.87. The predicted octanol–water partition coefficient (Wildman–Crippen LogP) is 9.54. The Balaban J connectivity index is 1.70. The summed E-state index contributed by atoms with van der Waals surface area (Å²) in [4.78, 5) is 27.2. The molecule has 0 N–H and O–H groups in total. The molecule has 3 aromatic rings. The number of hydrogen-bond donors (Lipinski definition) is 0. The topological polar surface area (TPSA) is 71.1 Å². The third kappa shape index (κ3) is 12.0. The van der Waals surface area contributed by atoms with E-state index in [1.165, 1.54) is 10.5 Å². The van der Waals surface area contributed by atoms with Crippen LogP contribution in [0.3, 0.4) is 0 Å². The van der Waals surface area contributed by atoms with Gasteiger partial charge in [0.05, 0.1) is 0 Å². The Hall–Kier alpha value is -3.07. The maximum absolute atomic E-state index is 16.4. The first-order valence-electron chi connectivity index (χ1n) is 18.4. The summed E-state index contributed by atoms with van der Waals surface area (Å²) >= 11 is -0.0731. The molecule has 1 fully saturated rings. The molecule has 2 unspecified atom stereocenters. The van der Waals surface area contributed by atoms with E-state index in [0.717, 1.165) is 22.7 Å². The third-order valence-electron chi connectivity index (χ3n) is 9.39. The average molecular weight is 796 g/mol. The molecule has 1 aliphatic rings. The van der Waals surface area contributed by atoms with Gasteiger partial charge in [0.1, 0.15) is 0 Å². The first-order valence-corrected chi connectivity index (χ1v) is 24.0. The number of ether oxygens (including phenoxy) is 4. The molecule has 0 saturated carbocycles. The number of benzene rings is 3. The number of hydrogen-bond acceptors (Lipinski definition) is 6. The molecule has 0 aromatic heterocycles. The first-order chi connectivity index (χ1) is 24.4. The molecule has 5 atom stereocenters. The van der Waals surface area contributed by atoms with Gasteiger partial charge >= 0.3 is 319 Å². The van der Waals surface area contributed by atoms with E-state index < -0.39 is 44.0 Å². The van der Waals surface area contributed by atoms with E-state index in [0.29, 0.717) is 30.6 Å². The maximum atomic E-state index is 16.4. The molecular weight excluding hydrogens is 739 g/mol. The van der Waals surface area contributed by atoms with Crippen LogP contribution in [0.4, 0.5) is 4.39 Å². The number of aryl methyl sites for hydroxylation is 2. The molecule has 0 spiro atoms. The van der Waals surface area contributed by atoms with Gasteiger partial charge in [0.2, 0.25) is 0 Å². The molecule has 0 radical (unpaired) electrons. The van der Waals surface area contributed by atoms with Crippen molar-refractivity contribution in [1.29, 1.82) is 0 Å². The van der Waals surface area contributed by atoms with E-state index >= 15 is 4.39 Å². The molecule has 1 saturated heterocycles. The van der Waals surface area contributed by atoms with Gasteiger partial charge in [0.25, 0.3) is 0 Å². The van der Waals surface area contributed by atoms with Crippen molar-refractivity contribution in [3.8, 4) is 0 Å². The second kappa shape index (κ2) is 18.3. The summed E-state index contributed by atoms with van der Waals surface area (Å²) in [7, 11) is -1.40. The van der Waals surface area contributed by atoms with Crippen molar-refractivity contribution >= 4 is 39.4 Å². The van der Waals surface area contributed by atoms with Crippen LogP contribution in [-0.2, 0) is 18.9 Å². The van der Waals surface area contributed by atoms with Crippen LogP contribution in [0, 0.1) is 25.7 Å². The molecule has 0 aliphatic carbocycles. The van der Waals surface area contributed by atoms with Crippen LogP contribution in [0.2, 0.25) is 25.7 Å². The van der Waals surface area contributed by atoms with Crippen molar-refractivity contribution in [3.05, 3.63) is 113 Å². The van der Waals surface area contributed by atoms with Gasteiger partial charge in [-0.25, -0.2) is 0 Å². The Morgan fingerprint density at radius 1 is 0.942 bits per heavy atom. The molecule has 4 rings (SSSR count). The van der Waals surface area contributed by atoms with Gasteiger partial charge in [0.15, 0.2) is 0 Å². The van der Waals surface area contributed by atoms with Crippen LogP contribution in [0.25, 0.3) is 0 Å². The van der Waals surface area contributed by atoms with Crippen molar-refractivity contribution in [1.82, 2.24) is 0 Å². The number of halogens is 1. The Kier molecular flexibility index (Phi) is 14.7. The van der Waals surface area contributed by atoms with E-state index in [4.69, 9.17) is 18.9 Å². The van der Waals surface area contributed by atoms with Gasteiger partial charge < -0.3 is 0 Å². The molecule has 0 amide bonds. The fourth-order valence-electron chi connectivity index (χ4n) is 6.23. The minimum absolute atomic E-state index is 0.0346. The molecular formula is C43H57FO6SeSi. The number of rotatable bonds is 16. The fraction of sp³-hybridized carbons (Fsp3) is 0.488. The Morgan fingerprint density at radius 2 is 1.58 bits per heavy atom. The second-order valence-electron chi connectivity index (χ2n) is 16.0. The summed E-state index contributed by atoms with van der Waals surface area (Å²) in [6.45, 7) is 20.8. The van der Waals surface area contributed by atoms with Crippen molar-refractivity contribution in [2.75, 3.05) is 6.61 Å². The van der Waals surface area contributed by atoms with Crippen LogP contribution in [0.5, 0.6) is 0 Å². The molecule has 9 heteroatoms.